The van der Waals surface area contributed by atoms with Crippen LogP contribution in [0.3, 0.4) is 0 Å². The molecule has 2 aromatic rings. The highest BCUT2D eigenvalue weighted by molar-refractivity contribution is 5.78. The fourth-order valence-electron chi connectivity index (χ4n) is 2.97. The van der Waals surface area contributed by atoms with Crippen molar-refractivity contribution in [2.24, 2.45) is 5.92 Å². The molecule has 3 rings (SSSR count). The number of fused-ring (bicyclic) bond motifs is 1. The molecule has 0 radical (unpaired) electrons. The molecule has 1 aromatic heterocycles. The number of aromatic amines is 1. The van der Waals surface area contributed by atoms with Crippen LogP contribution >= 0.6 is 0 Å². The zero-order valence-corrected chi connectivity index (χ0v) is 12.7. The minimum Gasteiger partial charge on any atom is -0.342 e. The van der Waals surface area contributed by atoms with Gasteiger partial charge in [-0.15, -0.1) is 0 Å². The molecule has 1 saturated heterocycles. The summed E-state index contributed by atoms with van der Waals surface area (Å²) >= 11 is 0. The Bertz CT molecular complexity index is 681. The van der Waals surface area contributed by atoms with Gasteiger partial charge in [-0.25, -0.2) is 4.98 Å². The van der Waals surface area contributed by atoms with Crippen molar-refractivity contribution >= 4 is 16.9 Å². The molecule has 1 atom stereocenters. The molecular formula is C16H22N4O. The number of hydrogen-bond donors (Lipinski definition) is 1. The Labute approximate surface area is 124 Å². The molecular weight excluding hydrogens is 264 g/mol. The Morgan fingerprint density at radius 1 is 1.43 bits per heavy atom. The number of anilines is 1. The summed E-state index contributed by atoms with van der Waals surface area (Å²) in [7, 11) is 2.15. The van der Waals surface area contributed by atoms with Crippen LogP contribution in [-0.2, 0) is 0 Å². The molecule has 1 aliphatic rings. The van der Waals surface area contributed by atoms with E-state index in [1.165, 1.54) is 0 Å². The number of benzene rings is 1. The van der Waals surface area contributed by atoms with Gasteiger partial charge in [-0.3, -0.25) is 9.78 Å². The summed E-state index contributed by atoms with van der Waals surface area (Å²) in [5.74, 6) is 1.35. The minimum atomic E-state index is -0.0512. The lowest BCUT2D eigenvalue weighted by molar-refractivity contribution is 0.300. The number of nitrogens with zero attached hydrogens (tertiary/aromatic N) is 3. The number of hydrogen-bond acceptors (Lipinski definition) is 4. The van der Waals surface area contributed by atoms with E-state index in [1.54, 1.807) is 0 Å². The summed E-state index contributed by atoms with van der Waals surface area (Å²) in [4.78, 5) is 24.2. The molecule has 0 spiro atoms. The van der Waals surface area contributed by atoms with Gasteiger partial charge in [0.25, 0.3) is 5.56 Å². The summed E-state index contributed by atoms with van der Waals surface area (Å²) in [6.07, 6.45) is 1.15. The first-order valence-electron chi connectivity index (χ1n) is 7.60. The maximum absolute atomic E-state index is 12.1. The van der Waals surface area contributed by atoms with Gasteiger partial charge in [0.2, 0.25) is 5.95 Å². The Morgan fingerprint density at radius 2 is 2.24 bits per heavy atom. The van der Waals surface area contributed by atoms with Crippen LogP contribution in [0.4, 0.5) is 5.95 Å². The topological polar surface area (TPSA) is 52.2 Å². The molecule has 5 heteroatoms. The lowest BCUT2D eigenvalue weighted by Gasteiger charge is -2.20. The van der Waals surface area contributed by atoms with E-state index in [-0.39, 0.29) is 5.56 Å². The van der Waals surface area contributed by atoms with Gasteiger partial charge in [0.15, 0.2) is 0 Å². The zero-order valence-electron chi connectivity index (χ0n) is 12.7. The van der Waals surface area contributed by atoms with Gasteiger partial charge in [0.1, 0.15) is 0 Å². The van der Waals surface area contributed by atoms with E-state index < -0.39 is 0 Å². The first-order valence-corrected chi connectivity index (χ1v) is 7.60. The molecule has 2 heterocycles. The molecule has 5 nitrogen and oxygen atoms in total. The standard InChI is InChI=1S/C16H22N4O/c1-3-19(2)10-12-8-9-20(11-12)16-17-14-7-5-4-6-13(14)15(21)18-16/h4-7,12H,3,8-11H2,1-2H3,(H,17,18,21)/t12-/m0/s1. The normalized spacial score (nSPS) is 18.8. The first-order chi connectivity index (χ1) is 10.2. The van der Waals surface area contributed by atoms with Crippen molar-refractivity contribution in [1.29, 1.82) is 0 Å². The van der Waals surface area contributed by atoms with Crippen LogP contribution in [0, 0.1) is 5.92 Å². The van der Waals surface area contributed by atoms with Gasteiger partial charge in [-0.2, -0.15) is 0 Å². The molecule has 1 fully saturated rings. The maximum atomic E-state index is 12.1. The number of H-pyrrole nitrogens is 1. The number of para-hydroxylation sites is 1. The van der Waals surface area contributed by atoms with Crippen LogP contribution in [0.1, 0.15) is 13.3 Å². The summed E-state index contributed by atoms with van der Waals surface area (Å²) < 4.78 is 0. The summed E-state index contributed by atoms with van der Waals surface area (Å²) in [6.45, 7) is 6.27. The van der Waals surface area contributed by atoms with E-state index in [9.17, 15) is 4.79 Å². The highest BCUT2D eigenvalue weighted by Crippen LogP contribution is 2.21. The van der Waals surface area contributed by atoms with Gasteiger partial charge >= 0.3 is 0 Å². The second kappa shape index (κ2) is 5.85. The summed E-state index contributed by atoms with van der Waals surface area (Å²) in [5.41, 5.74) is 0.718. The molecule has 0 bridgehead atoms. The van der Waals surface area contributed by atoms with E-state index in [0.717, 1.165) is 38.1 Å². The third-order valence-corrected chi connectivity index (χ3v) is 4.30. The molecule has 1 aromatic carbocycles. The Balaban J connectivity index is 1.80. The Kier molecular flexibility index (Phi) is 3.92. The van der Waals surface area contributed by atoms with Crippen LogP contribution in [0.2, 0.25) is 0 Å². The third-order valence-electron chi connectivity index (χ3n) is 4.30. The molecule has 0 aliphatic carbocycles. The van der Waals surface area contributed by atoms with Crippen LogP contribution in [0.15, 0.2) is 29.1 Å². The van der Waals surface area contributed by atoms with Crippen molar-refractivity contribution in [3.8, 4) is 0 Å². The zero-order chi connectivity index (χ0) is 14.8. The van der Waals surface area contributed by atoms with E-state index in [1.807, 2.05) is 24.3 Å². The smallest absolute Gasteiger partial charge is 0.260 e. The molecule has 112 valence electrons. The average molecular weight is 286 g/mol. The van der Waals surface area contributed by atoms with Crippen molar-refractivity contribution in [1.82, 2.24) is 14.9 Å². The monoisotopic (exact) mass is 286 g/mol. The molecule has 0 amide bonds. The SMILES string of the molecule is CCN(C)C[C@@H]1CCN(c2nc3ccccc3c(=O)[nH]2)C1. The quantitative estimate of drug-likeness (QED) is 0.929. The van der Waals surface area contributed by atoms with Crippen molar-refractivity contribution in [3.05, 3.63) is 34.6 Å². The van der Waals surface area contributed by atoms with Crippen molar-refractivity contribution in [2.45, 2.75) is 13.3 Å². The summed E-state index contributed by atoms with van der Waals surface area (Å²) in [5, 5.41) is 0.655. The Hall–Kier alpha value is -1.88. The van der Waals surface area contributed by atoms with Gasteiger partial charge in [-0.1, -0.05) is 19.1 Å². The first kappa shape index (κ1) is 14.1. The predicted molar refractivity (Wildman–Crippen MR) is 85.9 cm³/mol. The average Bonchev–Trinajstić information content (AvgIpc) is 2.95. The van der Waals surface area contributed by atoms with Crippen LogP contribution in [0.5, 0.6) is 0 Å². The van der Waals surface area contributed by atoms with Crippen LogP contribution in [0.25, 0.3) is 10.9 Å². The fourth-order valence-corrected chi connectivity index (χ4v) is 2.97. The van der Waals surface area contributed by atoms with Crippen molar-refractivity contribution in [2.75, 3.05) is 38.1 Å². The van der Waals surface area contributed by atoms with Crippen molar-refractivity contribution < 1.29 is 0 Å². The van der Waals surface area contributed by atoms with Gasteiger partial charge in [0, 0.05) is 19.6 Å². The van der Waals surface area contributed by atoms with Gasteiger partial charge < -0.3 is 9.80 Å². The van der Waals surface area contributed by atoms with E-state index in [2.05, 4.69) is 33.7 Å². The van der Waals surface area contributed by atoms with Crippen LogP contribution in [-0.4, -0.2) is 48.1 Å². The van der Waals surface area contributed by atoms with Crippen molar-refractivity contribution in [3.63, 3.8) is 0 Å². The molecule has 21 heavy (non-hydrogen) atoms. The number of nitrogens with one attached hydrogen (secondary N) is 1. The molecule has 1 N–H and O–H groups in total. The molecule has 0 saturated carbocycles. The number of rotatable bonds is 4. The molecule has 1 aliphatic heterocycles. The van der Waals surface area contributed by atoms with Crippen LogP contribution < -0.4 is 10.5 Å². The predicted octanol–water partition coefficient (Wildman–Crippen LogP) is 1.70. The minimum absolute atomic E-state index is 0.0512. The number of aromatic nitrogens is 2. The summed E-state index contributed by atoms with van der Waals surface area (Å²) in [6, 6.07) is 7.49. The Morgan fingerprint density at radius 3 is 3.05 bits per heavy atom. The highest BCUT2D eigenvalue weighted by atomic mass is 16.1. The van der Waals surface area contributed by atoms with Gasteiger partial charge in [0.05, 0.1) is 10.9 Å². The fraction of sp³-hybridized carbons (Fsp3) is 0.500. The largest absolute Gasteiger partial charge is 0.342 e. The lowest BCUT2D eigenvalue weighted by Crippen LogP contribution is -2.29. The second-order valence-electron chi connectivity index (χ2n) is 5.86. The third kappa shape index (κ3) is 2.93. The van der Waals surface area contributed by atoms with E-state index in [4.69, 9.17) is 0 Å². The van der Waals surface area contributed by atoms with E-state index in [0.29, 0.717) is 17.3 Å². The second-order valence-corrected chi connectivity index (χ2v) is 5.86. The van der Waals surface area contributed by atoms with E-state index >= 15 is 0 Å². The highest BCUT2D eigenvalue weighted by Gasteiger charge is 2.25. The van der Waals surface area contributed by atoms with Gasteiger partial charge in [-0.05, 0) is 38.1 Å². The maximum Gasteiger partial charge on any atom is 0.260 e. The lowest BCUT2D eigenvalue weighted by atomic mass is 10.1. The molecule has 0 unspecified atom stereocenters.